The lowest BCUT2D eigenvalue weighted by atomic mass is 10.1. The number of aromatic nitrogens is 2. The number of aromatic amines is 1. The van der Waals surface area contributed by atoms with Crippen LogP contribution in [-0.4, -0.2) is 9.97 Å². The minimum Gasteiger partial charge on any atom is -0.335 e. The van der Waals surface area contributed by atoms with Crippen LogP contribution < -0.4 is 0 Å². The van der Waals surface area contributed by atoms with Crippen LogP contribution in [0.3, 0.4) is 0 Å². The summed E-state index contributed by atoms with van der Waals surface area (Å²) >= 11 is 7.42. The molecule has 1 aromatic heterocycles. The van der Waals surface area contributed by atoms with Gasteiger partial charge in [0.2, 0.25) is 5.82 Å². The van der Waals surface area contributed by atoms with Crippen LogP contribution in [0.1, 0.15) is 5.82 Å². The van der Waals surface area contributed by atoms with Crippen molar-refractivity contribution in [1.82, 2.24) is 9.97 Å². The Kier molecular flexibility index (Phi) is 3.92. The summed E-state index contributed by atoms with van der Waals surface area (Å²) in [6, 6.07) is 2.99. The van der Waals surface area contributed by atoms with E-state index in [2.05, 4.69) is 33.1 Å². The molecule has 0 bridgehead atoms. The number of benzene rings is 1. The summed E-state index contributed by atoms with van der Waals surface area (Å²) < 4.78 is 64.8. The number of H-pyrrole nitrogens is 1. The third-order valence-corrected chi connectivity index (χ3v) is 3.15. The first-order chi connectivity index (χ1) is 9.20. The van der Waals surface area contributed by atoms with E-state index in [0.717, 1.165) is 18.2 Å². The average molecular weight is 371 g/mol. The lowest BCUT2D eigenvalue weighted by Crippen LogP contribution is -2.12. The summed E-state index contributed by atoms with van der Waals surface area (Å²) in [6.45, 7) is 0. The van der Waals surface area contributed by atoms with Gasteiger partial charge in [0.05, 0.1) is 15.7 Å². The highest BCUT2D eigenvalue weighted by atomic mass is 79.9. The highest BCUT2D eigenvalue weighted by molar-refractivity contribution is 9.10. The number of alkyl halides is 3. The molecule has 20 heavy (non-hydrogen) atoms. The van der Waals surface area contributed by atoms with Crippen molar-refractivity contribution in [3.05, 3.63) is 44.8 Å². The molecule has 2 nitrogen and oxygen atoms in total. The molecule has 0 unspecified atom stereocenters. The van der Waals surface area contributed by atoms with E-state index in [0.29, 0.717) is 0 Å². The zero-order chi connectivity index (χ0) is 15.1. The lowest BCUT2D eigenvalue weighted by Gasteiger charge is -2.10. The molecule has 1 N–H and O–H groups in total. The number of rotatable bonds is 1. The van der Waals surface area contributed by atoms with Crippen molar-refractivity contribution in [2.45, 2.75) is 6.18 Å². The van der Waals surface area contributed by atoms with Gasteiger partial charge < -0.3 is 4.98 Å². The molecule has 1 heterocycles. The predicted octanol–water partition coefficient (Wildman–Crippen LogP) is 4.87. The van der Waals surface area contributed by atoms with Gasteiger partial charge in [-0.25, -0.2) is 13.8 Å². The van der Waals surface area contributed by atoms with Crippen molar-refractivity contribution < 1.29 is 22.0 Å². The molecule has 0 aliphatic heterocycles. The highest BCUT2D eigenvalue weighted by Gasteiger charge is 2.34. The van der Waals surface area contributed by atoms with E-state index >= 15 is 0 Å². The van der Waals surface area contributed by atoms with E-state index < -0.39 is 39.5 Å². The maximum Gasteiger partial charge on any atom is 0.449 e. The van der Waals surface area contributed by atoms with Crippen LogP contribution in [0.25, 0.3) is 11.3 Å². The second-order valence-corrected chi connectivity index (χ2v) is 4.97. The summed E-state index contributed by atoms with van der Waals surface area (Å²) in [7, 11) is 0. The van der Waals surface area contributed by atoms with Gasteiger partial charge in [-0.1, -0.05) is 12.2 Å². The summed E-state index contributed by atoms with van der Waals surface area (Å²) in [5, 5.41) is 0. The van der Waals surface area contributed by atoms with Gasteiger partial charge in [-0.15, -0.1) is 0 Å². The van der Waals surface area contributed by atoms with Crippen molar-refractivity contribution in [3.63, 3.8) is 0 Å². The number of halogens is 6. The average Bonchev–Trinajstić information content (AvgIpc) is 2.33. The minimum absolute atomic E-state index is 0.0846. The van der Waals surface area contributed by atoms with Gasteiger partial charge >= 0.3 is 6.18 Å². The molecule has 0 fully saturated rings. The molecular weight excluding hydrogens is 367 g/mol. The third-order valence-electron chi connectivity index (χ3n) is 2.32. The van der Waals surface area contributed by atoms with Crippen LogP contribution in [0.15, 0.2) is 22.7 Å². The standard InChI is InChI=1S/C11H4BrF5N2S/c12-4-1-2-5(13)8(9(4)14)6-3-7(20)19-10(18-6)11(15,16)17/h1-3H,(H,18,19,20). The topological polar surface area (TPSA) is 28.7 Å². The second kappa shape index (κ2) is 5.21. The van der Waals surface area contributed by atoms with Crippen LogP contribution in [0.4, 0.5) is 22.0 Å². The van der Waals surface area contributed by atoms with Crippen molar-refractivity contribution >= 4 is 28.1 Å². The Morgan fingerprint density at radius 1 is 1.20 bits per heavy atom. The Balaban J connectivity index is 2.75. The first-order valence-electron chi connectivity index (χ1n) is 5.02. The van der Waals surface area contributed by atoms with Crippen LogP contribution >= 0.6 is 28.1 Å². The van der Waals surface area contributed by atoms with Gasteiger partial charge in [-0.3, -0.25) is 0 Å². The molecule has 0 aliphatic rings. The van der Waals surface area contributed by atoms with E-state index in [1.165, 1.54) is 0 Å². The smallest absolute Gasteiger partial charge is 0.335 e. The zero-order valence-corrected chi connectivity index (χ0v) is 11.8. The molecule has 9 heteroatoms. The van der Waals surface area contributed by atoms with Crippen molar-refractivity contribution in [3.8, 4) is 11.3 Å². The van der Waals surface area contributed by atoms with Crippen molar-refractivity contribution in [1.29, 1.82) is 0 Å². The van der Waals surface area contributed by atoms with Gasteiger partial charge in [0.25, 0.3) is 0 Å². The summed E-state index contributed by atoms with van der Waals surface area (Å²) in [5.41, 5.74) is -1.08. The summed E-state index contributed by atoms with van der Waals surface area (Å²) in [4.78, 5) is 4.94. The van der Waals surface area contributed by atoms with E-state index in [9.17, 15) is 22.0 Å². The Bertz CT molecular complexity index is 726. The lowest BCUT2D eigenvalue weighted by molar-refractivity contribution is -0.145. The van der Waals surface area contributed by atoms with E-state index in [-0.39, 0.29) is 4.47 Å². The molecule has 0 saturated heterocycles. The quantitative estimate of drug-likeness (QED) is 0.441. The molecule has 0 amide bonds. The van der Waals surface area contributed by atoms with Gasteiger partial charge in [0, 0.05) is 0 Å². The van der Waals surface area contributed by atoms with Crippen LogP contribution in [0.5, 0.6) is 0 Å². The number of hydrogen-bond acceptors (Lipinski definition) is 2. The monoisotopic (exact) mass is 370 g/mol. The summed E-state index contributed by atoms with van der Waals surface area (Å²) in [6.07, 6.45) is -4.80. The number of nitrogens with zero attached hydrogens (tertiary/aromatic N) is 1. The molecular formula is C11H4BrF5N2S. The number of nitrogens with one attached hydrogen (secondary N) is 1. The molecule has 2 aromatic rings. The molecule has 0 radical (unpaired) electrons. The van der Waals surface area contributed by atoms with Gasteiger partial charge in [0.1, 0.15) is 16.3 Å². The molecule has 0 aliphatic carbocycles. The first-order valence-corrected chi connectivity index (χ1v) is 6.22. The fraction of sp³-hybridized carbons (Fsp3) is 0.0909. The largest absolute Gasteiger partial charge is 0.449 e. The number of hydrogen-bond donors (Lipinski definition) is 1. The van der Waals surface area contributed by atoms with Crippen LogP contribution in [0, 0.1) is 16.3 Å². The van der Waals surface area contributed by atoms with Crippen molar-refractivity contribution in [2.24, 2.45) is 0 Å². The Morgan fingerprint density at radius 3 is 2.45 bits per heavy atom. The summed E-state index contributed by atoms with van der Waals surface area (Å²) in [5.74, 6) is -3.47. The SMILES string of the molecule is Fc1ccc(Br)c(F)c1-c1cc(=S)nc(C(F)(F)F)[nH]1. The van der Waals surface area contributed by atoms with Gasteiger partial charge in [-0.2, -0.15) is 13.2 Å². The molecule has 0 spiro atoms. The van der Waals surface area contributed by atoms with E-state index in [4.69, 9.17) is 0 Å². The fourth-order valence-electron chi connectivity index (χ4n) is 1.50. The Morgan fingerprint density at radius 2 is 1.85 bits per heavy atom. The van der Waals surface area contributed by atoms with Crippen LogP contribution in [-0.2, 0) is 6.18 Å². The molecule has 0 atom stereocenters. The van der Waals surface area contributed by atoms with E-state index in [1.807, 2.05) is 4.98 Å². The highest BCUT2D eigenvalue weighted by Crippen LogP contribution is 2.32. The van der Waals surface area contributed by atoms with Crippen LogP contribution in [0.2, 0.25) is 0 Å². The maximum atomic E-state index is 13.9. The predicted molar refractivity (Wildman–Crippen MR) is 67.5 cm³/mol. The molecule has 0 saturated carbocycles. The molecule has 1 aromatic carbocycles. The zero-order valence-electron chi connectivity index (χ0n) is 9.36. The van der Waals surface area contributed by atoms with Gasteiger partial charge in [-0.05, 0) is 34.1 Å². The van der Waals surface area contributed by atoms with Gasteiger partial charge in [0.15, 0.2) is 0 Å². The fourth-order valence-corrected chi connectivity index (χ4v) is 2.04. The van der Waals surface area contributed by atoms with Crippen molar-refractivity contribution in [2.75, 3.05) is 0 Å². The Labute approximate surface area is 122 Å². The molecule has 106 valence electrons. The molecule has 2 rings (SSSR count). The second-order valence-electron chi connectivity index (χ2n) is 3.70. The Hall–Kier alpha value is -1.35. The first kappa shape index (κ1) is 15.0. The third kappa shape index (κ3) is 2.88. The normalized spacial score (nSPS) is 11.7. The van der Waals surface area contributed by atoms with E-state index in [1.54, 1.807) is 0 Å². The minimum atomic E-state index is -4.80. The maximum absolute atomic E-state index is 13.9.